The summed E-state index contributed by atoms with van der Waals surface area (Å²) in [4.78, 5) is 26.1. The van der Waals surface area contributed by atoms with Crippen LogP contribution >= 0.6 is 0 Å². The van der Waals surface area contributed by atoms with Gasteiger partial charge < -0.3 is 10.2 Å². The molecule has 4 rings (SSSR count). The fourth-order valence-electron chi connectivity index (χ4n) is 3.92. The van der Waals surface area contributed by atoms with Crippen molar-refractivity contribution in [2.45, 2.75) is 37.6 Å². The largest absolute Gasteiger partial charge is 0.343 e. The zero-order valence-corrected chi connectivity index (χ0v) is 15.7. The van der Waals surface area contributed by atoms with E-state index < -0.39 is 5.54 Å². The van der Waals surface area contributed by atoms with Crippen molar-refractivity contribution < 1.29 is 14.0 Å². The molecule has 5 heteroatoms. The molecule has 144 valence electrons. The average molecular weight is 378 g/mol. The molecule has 28 heavy (non-hydrogen) atoms. The SMILES string of the molecule is O=C(/C=C/c1ccc(N2CCCC2=O)cc1)NC1(c2ccc(F)cc2)CCC1. The molecule has 1 saturated carbocycles. The monoisotopic (exact) mass is 378 g/mol. The van der Waals surface area contributed by atoms with E-state index >= 15 is 0 Å². The normalized spacial score (nSPS) is 18.3. The molecule has 2 aliphatic rings. The maximum absolute atomic E-state index is 13.2. The predicted molar refractivity (Wildman–Crippen MR) is 107 cm³/mol. The van der Waals surface area contributed by atoms with Gasteiger partial charge in [0.1, 0.15) is 5.82 Å². The summed E-state index contributed by atoms with van der Waals surface area (Å²) in [5.74, 6) is -0.277. The number of nitrogens with one attached hydrogen (secondary N) is 1. The second-order valence-electron chi connectivity index (χ2n) is 7.51. The minimum Gasteiger partial charge on any atom is -0.343 e. The lowest BCUT2D eigenvalue weighted by Gasteiger charge is -2.43. The van der Waals surface area contributed by atoms with E-state index in [9.17, 15) is 14.0 Å². The lowest BCUT2D eigenvalue weighted by atomic mass is 9.71. The number of hydrogen-bond acceptors (Lipinski definition) is 2. The maximum atomic E-state index is 13.2. The summed E-state index contributed by atoms with van der Waals surface area (Å²) >= 11 is 0. The molecule has 0 atom stereocenters. The van der Waals surface area contributed by atoms with Crippen LogP contribution in [0.1, 0.15) is 43.2 Å². The van der Waals surface area contributed by atoms with Crippen LogP contribution in [0.4, 0.5) is 10.1 Å². The van der Waals surface area contributed by atoms with Gasteiger partial charge >= 0.3 is 0 Å². The lowest BCUT2D eigenvalue weighted by molar-refractivity contribution is -0.119. The fraction of sp³-hybridized carbons (Fsp3) is 0.304. The van der Waals surface area contributed by atoms with Crippen LogP contribution in [-0.2, 0) is 15.1 Å². The number of nitrogens with zero attached hydrogens (tertiary/aromatic N) is 1. The molecule has 1 saturated heterocycles. The highest BCUT2D eigenvalue weighted by molar-refractivity contribution is 5.95. The number of carbonyl (C=O) groups excluding carboxylic acids is 2. The molecule has 0 aromatic heterocycles. The highest BCUT2D eigenvalue weighted by Crippen LogP contribution is 2.41. The van der Waals surface area contributed by atoms with Gasteiger partial charge in [0.25, 0.3) is 0 Å². The van der Waals surface area contributed by atoms with Crippen molar-refractivity contribution in [1.82, 2.24) is 5.32 Å². The van der Waals surface area contributed by atoms with Crippen molar-refractivity contribution in [3.63, 3.8) is 0 Å². The Morgan fingerprint density at radius 2 is 1.75 bits per heavy atom. The minimum absolute atomic E-state index is 0.161. The first-order valence-electron chi connectivity index (χ1n) is 9.72. The molecule has 2 fully saturated rings. The first kappa shape index (κ1) is 18.4. The molecule has 2 amide bonds. The number of hydrogen-bond donors (Lipinski definition) is 1. The van der Waals surface area contributed by atoms with Gasteiger partial charge in [0.2, 0.25) is 11.8 Å². The van der Waals surface area contributed by atoms with Crippen molar-refractivity contribution in [2.75, 3.05) is 11.4 Å². The topological polar surface area (TPSA) is 49.4 Å². The van der Waals surface area contributed by atoms with Gasteiger partial charge in [0.15, 0.2) is 0 Å². The second-order valence-corrected chi connectivity index (χ2v) is 7.51. The quantitative estimate of drug-likeness (QED) is 0.794. The van der Waals surface area contributed by atoms with Crippen LogP contribution in [0.2, 0.25) is 0 Å². The molecule has 2 aromatic rings. The van der Waals surface area contributed by atoms with E-state index in [0.717, 1.165) is 49.0 Å². The summed E-state index contributed by atoms with van der Waals surface area (Å²) in [5.41, 5.74) is 2.35. The van der Waals surface area contributed by atoms with Crippen molar-refractivity contribution in [3.8, 4) is 0 Å². The van der Waals surface area contributed by atoms with Gasteiger partial charge in [-0.2, -0.15) is 0 Å². The number of halogens is 1. The standard InChI is InChI=1S/C23H23FN2O2/c24-19-9-7-18(8-10-19)23(14-2-15-23)25-21(27)13-6-17-4-11-20(12-5-17)26-16-1-3-22(26)28/h4-13H,1-3,14-16H2,(H,25,27)/b13-6+. The van der Waals surface area contributed by atoms with Crippen LogP contribution in [0, 0.1) is 5.82 Å². The van der Waals surface area contributed by atoms with Crippen molar-refractivity contribution in [3.05, 3.63) is 71.6 Å². The molecule has 0 radical (unpaired) electrons. The number of rotatable bonds is 5. The third kappa shape index (κ3) is 3.70. The van der Waals surface area contributed by atoms with Crippen LogP contribution in [0.15, 0.2) is 54.6 Å². The predicted octanol–water partition coefficient (Wildman–Crippen LogP) is 4.16. The van der Waals surface area contributed by atoms with Gasteiger partial charge in [-0.05, 0) is 67.2 Å². The molecule has 0 unspecified atom stereocenters. The summed E-state index contributed by atoms with van der Waals surface area (Å²) in [7, 11) is 0. The van der Waals surface area contributed by atoms with Crippen molar-refractivity contribution >= 4 is 23.6 Å². The molecule has 1 N–H and O–H groups in total. The molecular formula is C23H23FN2O2. The van der Waals surface area contributed by atoms with E-state index in [1.54, 1.807) is 23.1 Å². The van der Waals surface area contributed by atoms with E-state index in [1.165, 1.54) is 18.2 Å². The fourth-order valence-corrected chi connectivity index (χ4v) is 3.92. The first-order valence-corrected chi connectivity index (χ1v) is 9.72. The van der Waals surface area contributed by atoms with Gasteiger partial charge in [-0.25, -0.2) is 4.39 Å². The van der Waals surface area contributed by atoms with Crippen LogP contribution in [0.25, 0.3) is 6.08 Å². The lowest BCUT2D eigenvalue weighted by Crippen LogP contribution is -2.50. The smallest absolute Gasteiger partial charge is 0.244 e. The number of benzene rings is 2. The minimum atomic E-state index is -0.394. The Bertz CT molecular complexity index is 899. The third-order valence-electron chi connectivity index (χ3n) is 5.67. The molecular weight excluding hydrogens is 355 g/mol. The average Bonchev–Trinajstić information content (AvgIpc) is 3.10. The summed E-state index contributed by atoms with van der Waals surface area (Å²) in [5, 5.41) is 3.10. The molecule has 1 aliphatic carbocycles. The van der Waals surface area contributed by atoms with E-state index in [-0.39, 0.29) is 17.6 Å². The van der Waals surface area contributed by atoms with Crippen molar-refractivity contribution in [1.29, 1.82) is 0 Å². The molecule has 0 bridgehead atoms. The zero-order valence-electron chi connectivity index (χ0n) is 15.7. The molecule has 0 spiro atoms. The van der Waals surface area contributed by atoms with Crippen LogP contribution in [0.3, 0.4) is 0 Å². The summed E-state index contributed by atoms with van der Waals surface area (Å²) < 4.78 is 13.2. The third-order valence-corrected chi connectivity index (χ3v) is 5.67. The Labute approximate surface area is 164 Å². The number of anilines is 1. The second kappa shape index (κ2) is 7.58. The summed E-state index contributed by atoms with van der Waals surface area (Å²) in [6.07, 6.45) is 7.56. The Morgan fingerprint density at radius 1 is 1.04 bits per heavy atom. The Morgan fingerprint density at radius 3 is 2.32 bits per heavy atom. The Balaban J connectivity index is 1.41. The van der Waals surface area contributed by atoms with Crippen LogP contribution in [-0.4, -0.2) is 18.4 Å². The van der Waals surface area contributed by atoms with Gasteiger partial charge in [-0.1, -0.05) is 24.3 Å². The highest BCUT2D eigenvalue weighted by atomic mass is 19.1. The van der Waals surface area contributed by atoms with Gasteiger partial charge in [-0.3, -0.25) is 9.59 Å². The van der Waals surface area contributed by atoms with Gasteiger partial charge in [-0.15, -0.1) is 0 Å². The zero-order chi connectivity index (χ0) is 19.6. The van der Waals surface area contributed by atoms with E-state index in [0.29, 0.717) is 6.42 Å². The van der Waals surface area contributed by atoms with E-state index in [1.807, 2.05) is 24.3 Å². The maximum Gasteiger partial charge on any atom is 0.244 e. The Kier molecular flexibility index (Phi) is 4.99. The first-order chi connectivity index (χ1) is 13.6. The summed E-state index contributed by atoms with van der Waals surface area (Å²) in [6.45, 7) is 0.766. The molecule has 1 heterocycles. The van der Waals surface area contributed by atoms with E-state index in [2.05, 4.69) is 5.32 Å². The molecule has 1 aliphatic heterocycles. The number of amides is 2. The van der Waals surface area contributed by atoms with Crippen LogP contribution in [0.5, 0.6) is 0 Å². The van der Waals surface area contributed by atoms with Gasteiger partial charge in [0.05, 0.1) is 5.54 Å². The van der Waals surface area contributed by atoms with E-state index in [4.69, 9.17) is 0 Å². The summed E-state index contributed by atoms with van der Waals surface area (Å²) in [6, 6.07) is 14.0. The highest BCUT2D eigenvalue weighted by Gasteiger charge is 2.39. The molecule has 4 nitrogen and oxygen atoms in total. The Hall–Kier alpha value is -2.95. The van der Waals surface area contributed by atoms with Crippen LogP contribution < -0.4 is 10.2 Å². The van der Waals surface area contributed by atoms with Gasteiger partial charge in [0, 0.05) is 24.7 Å². The number of carbonyl (C=O) groups is 2. The van der Waals surface area contributed by atoms with Crippen molar-refractivity contribution in [2.24, 2.45) is 0 Å². The molecule has 2 aromatic carbocycles.